The molecule has 0 aliphatic carbocycles. The molecule has 3 aromatic rings. The van der Waals surface area contributed by atoms with E-state index in [0.29, 0.717) is 12.4 Å². The topological polar surface area (TPSA) is 68.4 Å². The fourth-order valence-corrected chi connectivity index (χ4v) is 4.42. The zero-order chi connectivity index (χ0) is 21.0. The average molecular weight is 421 g/mol. The summed E-state index contributed by atoms with van der Waals surface area (Å²) in [5.74, 6) is 0.655. The summed E-state index contributed by atoms with van der Waals surface area (Å²) in [5, 5.41) is 8.65. The van der Waals surface area contributed by atoms with Gasteiger partial charge in [-0.15, -0.1) is 5.10 Å². The monoisotopic (exact) mass is 420 g/mol. The fraction of sp³-hybridized carbons (Fsp3) is 0.435. The van der Waals surface area contributed by atoms with Gasteiger partial charge >= 0.3 is 0 Å². The number of aromatic nitrogens is 4. The first-order chi connectivity index (χ1) is 15.3. The number of piperazine rings is 1. The predicted molar refractivity (Wildman–Crippen MR) is 117 cm³/mol. The molecule has 1 aromatic carbocycles. The van der Waals surface area contributed by atoms with E-state index in [1.165, 1.54) is 15.8 Å². The average Bonchev–Trinajstić information content (AvgIpc) is 3.35. The van der Waals surface area contributed by atoms with Gasteiger partial charge in [0.25, 0.3) is 5.56 Å². The first kappa shape index (κ1) is 20.1. The van der Waals surface area contributed by atoms with Crippen LogP contribution < -0.4 is 5.56 Å². The summed E-state index contributed by atoms with van der Waals surface area (Å²) in [5.41, 5.74) is 2.69. The highest BCUT2D eigenvalue weighted by Gasteiger charge is 2.25. The minimum Gasteiger partial charge on any atom is -0.372 e. The highest BCUT2D eigenvalue weighted by molar-refractivity contribution is 5.31. The smallest absolute Gasteiger partial charge is 0.266 e. The van der Waals surface area contributed by atoms with Crippen molar-refractivity contribution in [3.63, 3.8) is 0 Å². The third-order valence-corrected chi connectivity index (χ3v) is 6.20. The molecule has 0 spiro atoms. The van der Waals surface area contributed by atoms with Crippen LogP contribution in [0.2, 0.25) is 0 Å². The van der Waals surface area contributed by atoms with Crippen LogP contribution in [0.15, 0.2) is 59.7 Å². The van der Waals surface area contributed by atoms with Crippen molar-refractivity contribution in [1.82, 2.24) is 29.4 Å². The van der Waals surface area contributed by atoms with Gasteiger partial charge in [-0.05, 0) is 29.7 Å². The van der Waals surface area contributed by atoms with Gasteiger partial charge in [0.1, 0.15) is 0 Å². The number of rotatable bonds is 6. The molecule has 162 valence electrons. The van der Waals surface area contributed by atoms with Crippen molar-refractivity contribution in [3.05, 3.63) is 76.3 Å². The standard InChI is InChI=1S/C23H28N6O2/c30-23-7-6-22(28-10-3-9-24-28)25-29(23)16-15-26-11-13-27(14-12-26)18-21-20-5-2-1-4-19(20)8-17-31-21/h1-7,9-10,21H,8,11-18H2. The van der Waals surface area contributed by atoms with Crippen LogP contribution in [0.5, 0.6) is 0 Å². The second-order valence-electron chi connectivity index (χ2n) is 8.15. The maximum Gasteiger partial charge on any atom is 0.266 e. The molecular weight excluding hydrogens is 392 g/mol. The quantitative estimate of drug-likeness (QED) is 0.600. The Balaban J connectivity index is 1.14. The van der Waals surface area contributed by atoms with Crippen LogP contribution in [0.3, 0.4) is 0 Å². The van der Waals surface area contributed by atoms with E-state index >= 15 is 0 Å². The van der Waals surface area contributed by atoms with E-state index in [-0.39, 0.29) is 11.7 Å². The Morgan fingerprint density at radius 2 is 1.81 bits per heavy atom. The van der Waals surface area contributed by atoms with Gasteiger partial charge in [-0.25, -0.2) is 9.36 Å². The van der Waals surface area contributed by atoms with Crippen molar-refractivity contribution < 1.29 is 4.74 Å². The number of nitrogens with zero attached hydrogens (tertiary/aromatic N) is 6. The van der Waals surface area contributed by atoms with E-state index in [9.17, 15) is 4.79 Å². The lowest BCUT2D eigenvalue weighted by Gasteiger charge is -2.37. The number of hydrogen-bond donors (Lipinski definition) is 0. The lowest BCUT2D eigenvalue weighted by molar-refractivity contribution is 0.00425. The van der Waals surface area contributed by atoms with Gasteiger partial charge in [-0.2, -0.15) is 5.10 Å². The van der Waals surface area contributed by atoms with Gasteiger partial charge in [-0.1, -0.05) is 24.3 Å². The number of benzene rings is 1. The summed E-state index contributed by atoms with van der Waals surface area (Å²) in [7, 11) is 0. The van der Waals surface area contributed by atoms with E-state index in [1.54, 1.807) is 23.0 Å². The summed E-state index contributed by atoms with van der Waals surface area (Å²) >= 11 is 0. The van der Waals surface area contributed by atoms with E-state index in [2.05, 4.69) is 44.3 Å². The van der Waals surface area contributed by atoms with Crippen molar-refractivity contribution in [2.75, 3.05) is 45.9 Å². The van der Waals surface area contributed by atoms with Crippen LogP contribution in [0.25, 0.3) is 5.82 Å². The molecule has 1 fully saturated rings. The molecule has 31 heavy (non-hydrogen) atoms. The van der Waals surface area contributed by atoms with Crippen molar-refractivity contribution in [2.45, 2.75) is 19.1 Å². The Morgan fingerprint density at radius 1 is 0.968 bits per heavy atom. The van der Waals surface area contributed by atoms with Gasteiger partial charge < -0.3 is 4.74 Å². The number of hydrogen-bond acceptors (Lipinski definition) is 6. The molecule has 0 amide bonds. The van der Waals surface area contributed by atoms with Crippen LogP contribution in [-0.2, 0) is 17.7 Å². The molecular formula is C23H28N6O2. The lowest BCUT2D eigenvalue weighted by Crippen LogP contribution is -2.49. The van der Waals surface area contributed by atoms with Crippen LogP contribution in [0, 0.1) is 0 Å². The zero-order valence-corrected chi connectivity index (χ0v) is 17.6. The Morgan fingerprint density at radius 3 is 2.65 bits per heavy atom. The Kier molecular flexibility index (Phi) is 5.93. The minimum absolute atomic E-state index is 0.0809. The maximum atomic E-state index is 12.2. The second-order valence-corrected chi connectivity index (χ2v) is 8.15. The number of fused-ring (bicyclic) bond motifs is 1. The van der Waals surface area contributed by atoms with E-state index in [4.69, 9.17) is 4.74 Å². The molecule has 0 saturated carbocycles. The SMILES string of the molecule is O=c1ccc(-n2cccn2)nn1CCN1CCN(CC2OCCc3ccccc32)CC1. The molecule has 1 saturated heterocycles. The number of ether oxygens (including phenoxy) is 1. The Bertz CT molecular complexity index is 1060. The molecule has 8 nitrogen and oxygen atoms in total. The van der Waals surface area contributed by atoms with Gasteiger partial charge in [0.15, 0.2) is 5.82 Å². The minimum atomic E-state index is -0.0809. The predicted octanol–water partition coefficient (Wildman–Crippen LogP) is 1.36. The van der Waals surface area contributed by atoms with Crippen LogP contribution in [0.1, 0.15) is 17.2 Å². The third kappa shape index (κ3) is 4.61. The first-order valence-electron chi connectivity index (χ1n) is 11.0. The molecule has 1 unspecified atom stereocenters. The largest absolute Gasteiger partial charge is 0.372 e. The van der Waals surface area contributed by atoms with Crippen molar-refractivity contribution >= 4 is 0 Å². The summed E-state index contributed by atoms with van der Waals surface area (Å²) in [6.07, 6.45) is 4.71. The molecule has 2 aromatic heterocycles. The summed E-state index contributed by atoms with van der Waals surface area (Å²) in [6.45, 7) is 7.14. The second kappa shape index (κ2) is 9.13. The third-order valence-electron chi connectivity index (χ3n) is 6.20. The van der Waals surface area contributed by atoms with Crippen LogP contribution in [-0.4, -0.2) is 75.2 Å². The van der Waals surface area contributed by atoms with E-state index in [1.807, 2.05) is 12.3 Å². The van der Waals surface area contributed by atoms with Gasteiger partial charge in [-0.3, -0.25) is 14.6 Å². The summed E-state index contributed by atoms with van der Waals surface area (Å²) in [6, 6.07) is 13.8. The van der Waals surface area contributed by atoms with Crippen LogP contribution >= 0.6 is 0 Å². The van der Waals surface area contributed by atoms with Gasteiger partial charge in [0.2, 0.25) is 0 Å². The normalized spacial score (nSPS) is 19.9. The van der Waals surface area contributed by atoms with Crippen molar-refractivity contribution in [2.24, 2.45) is 0 Å². The lowest BCUT2D eigenvalue weighted by atomic mass is 9.97. The molecule has 2 aliphatic rings. The maximum absolute atomic E-state index is 12.2. The molecule has 0 bridgehead atoms. The van der Waals surface area contributed by atoms with E-state index in [0.717, 1.165) is 52.3 Å². The molecule has 4 heterocycles. The fourth-order valence-electron chi connectivity index (χ4n) is 4.42. The van der Waals surface area contributed by atoms with Crippen LogP contribution in [0.4, 0.5) is 0 Å². The first-order valence-corrected chi connectivity index (χ1v) is 11.0. The highest BCUT2D eigenvalue weighted by Crippen LogP contribution is 2.27. The molecule has 1 atom stereocenters. The van der Waals surface area contributed by atoms with Gasteiger partial charge in [0.05, 0.1) is 19.3 Å². The molecule has 5 rings (SSSR count). The molecule has 8 heteroatoms. The molecule has 0 N–H and O–H groups in total. The van der Waals surface area contributed by atoms with Crippen molar-refractivity contribution in [1.29, 1.82) is 0 Å². The highest BCUT2D eigenvalue weighted by atomic mass is 16.5. The Labute approximate surface area is 181 Å². The molecule has 2 aliphatic heterocycles. The zero-order valence-electron chi connectivity index (χ0n) is 17.6. The van der Waals surface area contributed by atoms with Crippen molar-refractivity contribution in [3.8, 4) is 5.82 Å². The Hall–Kier alpha value is -2.81. The molecule has 0 radical (unpaired) electrons. The summed E-state index contributed by atoms with van der Waals surface area (Å²) < 4.78 is 9.29. The van der Waals surface area contributed by atoms with E-state index < -0.39 is 0 Å². The summed E-state index contributed by atoms with van der Waals surface area (Å²) in [4.78, 5) is 17.1. The van der Waals surface area contributed by atoms with Gasteiger partial charge in [0, 0.05) is 57.7 Å².